The number of ether oxygens (including phenoxy) is 1. The van der Waals surface area contributed by atoms with Crippen molar-refractivity contribution in [2.45, 2.75) is 52.2 Å². The second-order valence-electron chi connectivity index (χ2n) is 8.65. The molecule has 2 aliphatic carbocycles. The van der Waals surface area contributed by atoms with E-state index in [0.717, 1.165) is 19.3 Å². The van der Waals surface area contributed by atoms with Crippen molar-refractivity contribution in [1.29, 1.82) is 0 Å². The number of rotatable bonds is 2. The van der Waals surface area contributed by atoms with Gasteiger partial charge in [-0.3, -0.25) is 4.79 Å². The van der Waals surface area contributed by atoms with Gasteiger partial charge >= 0.3 is 0 Å². The molecule has 1 amide bonds. The lowest BCUT2D eigenvalue weighted by molar-refractivity contribution is -0.136. The monoisotopic (exact) mass is 349 g/mol. The Kier molecular flexibility index (Phi) is 3.73. The van der Waals surface area contributed by atoms with Gasteiger partial charge in [-0.25, -0.2) is 8.78 Å². The Labute approximate surface area is 147 Å². The van der Waals surface area contributed by atoms with E-state index in [-0.39, 0.29) is 34.8 Å². The highest BCUT2D eigenvalue weighted by atomic mass is 19.2. The highest BCUT2D eigenvalue weighted by Gasteiger charge is 2.68. The fourth-order valence-electron chi connectivity index (χ4n) is 6.01. The van der Waals surface area contributed by atoms with Gasteiger partial charge in [0.15, 0.2) is 11.6 Å². The van der Waals surface area contributed by atoms with Crippen LogP contribution in [0.25, 0.3) is 0 Å². The van der Waals surface area contributed by atoms with Crippen LogP contribution >= 0.6 is 0 Å². The van der Waals surface area contributed by atoms with Crippen LogP contribution in [0.4, 0.5) is 8.78 Å². The summed E-state index contributed by atoms with van der Waals surface area (Å²) in [4.78, 5) is 11.8. The van der Waals surface area contributed by atoms with Crippen LogP contribution in [0.15, 0.2) is 18.2 Å². The Hall–Kier alpha value is -1.49. The summed E-state index contributed by atoms with van der Waals surface area (Å²) in [5.41, 5.74) is 0.723. The molecule has 1 N–H and O–H groups in total. The van der Waals surface area contributed by atoms with Gasteiger partial charge in [0.1, 0.15) is 0 Å². The molecule has 3 nitrogen and oxygen atoms in total. The first kappa shape index (κ1) is 17.0. The Bertz CT molecular complexity index is 720. The minimum absolute atomic E-state index is 0.00498. The second kappa shape index (κ2) is 5.50. The van der Waals surface area contributed by atoms with Gasteiger partial charge in [-0.05, 0) is 59.6 Å². The van der Waals surface area contributed by atoms with E-state index in [0.29, 0.717) is 18.1 Å². The van der Waals surface area contributed by atoms with Gasteiger partial charge in [0.05, 0.1) is 6.10 Å². The summed E-state index contributed by atoms with van der Waals surface area (Å²) in [6.07, 6.45) is 2.75. The molecular formula is C20H25F2NO2. The summed E-state index contributed by atoms with van der Waals surface area (Å²) in [5.74, 6) is -0.943. The van der Waals surface area contributed by atoms with Crippen molar-refractivity contribution in [1.82, 2.24) is 5.32 Å². The molecule has 2 bridgehead atoms. The lowest BCUT2D eigenvalue weighted by Gasteiger charge is -2.53. The number of carbonyl (C=O) groups is 1. The summed E-state index contributed by atoms with van der Waals surface area (Å²) in [5, 5.41) is 3.22. The quantitative estimate of drug-likeness (QED) is 0.877. The Morgan fingerprint density at radius 2 is 2.04 bits per heavy atom. The van der Waals surface area contributed by atoms with Crippen molar-refractivity contribution >= 4 is 5.91 Å². The fraction of sp³-hybridized carbons (Fsp3) is 0.650. The SMILES string of the molecule is CC(=O)N[C@@H]1C(C)(C)[C@@H]2C[C@@H]3[C@@H](c4ccc(F)c(F)c4)OCCC31C2. The smallest absolute Gasteiger partial charge is 0.217 e. The predicted octanol–water partition coefficient (Wildman–Crippen LogP) is 3.98. The summed E-state index contributed by atoms with van der Waals surface area (Å²) in [6.45, 7) is 6.63. The van der Waals surface area contributed by atoms with Crippen molar-refractivity contribution in [3.63, 3.8) is 0 Å². The van der Waals surface area contributed by atoms with E-state index >= 15 is 0 Å². The highest BCUT2D eigenvalue weighted by Crippen LogP contribution is 2.70. The van der Waals surface area contributed by atoms with Crippen molar-refractivity contribution < 1.29 is 18.3 Å². The van der Waals surface area contributed by atoms with Crippen molar-refractivity contribution in [3.05, 3.63) is 35.4 Å². The lowest BCUT2D eigenvalue weighted by Crippen LogP contribution is -2.58. The molecule has 3 fully saturated rings. The van der Waals surface area contributed by atoms with E-state index in [1.807, 2.05) is 0 Å². The normalized spacial score (nSPS) is 38.4. The molecule has 0 radical (unpaired) electrons. The van der Waals surface area contributed by atoms with E-state index in [9.17, 15) is 13.6 Å². The van der Waals surface area contributed by atoms with Gasteiger partial charge in [-0.15, -0.1) is 0 Å². The topological polar surface area (TPSA) is 38.3 Å². The molecule has 2 saturated carbocycles. The third-order valence-electron chi connectivity index (χ3n) is 7.12. The number of benzene rings is 1. The Morgan fingerprint density at radius 1 is 1.28 bits per heavy atom. The molecule has 25 heavy (non-hydrogen) atoms. The molecule has 1 unspecified atom stereocenters. The molecule has 1 aromatic rings. The maximum atomic E-state index is 13.7. The molecule has 1 heterocycles. The number of hydrogen-bond donors (Lipinski definition) is 1. The zero-order chi connectivity index (χ0) is 18.0. The largest absolute Gasteiger partial charge is 0.373 e. The van der Waals surface area contributed by atoms with Crippen molar-refractivity contribution in [2.24, 2.45) is 22.7 Å². The molecule has 5 atom stereocenters. The van der Waals surface area contributed by atoms with Gasteiger partial charge in [0, 0.05) is 19.6 Å². The third kappa shape index (κ3) is 2.35. The van der Waals surface area contributed by atoms with E-state index in [1.54, 1.807) is 13.0 Å². The molecule has 136 valence electrons. The predicted molar refractivity (Wildman–Crippen MR) is 89.7 cm³/mol. The van der Waals surface area contributed by atoms with Gasteiger partial charge in [-0.1, -0.05) is 19.9 Å². The number of amides is 1. The van der Waals surface area contributed by atoms with Crippen LogP contribution in [-0.4, -0.2) is 18.6 Å². The standard InChI is InChI=1S/C20H25F2NO2/c1-11(24)23-18-19(2,3)13-9-14-17(25-7-6-20(14,18)10-13)12-4-5-15(21)16(22)8-12/h4-5,8,13-14,17-18H,6-7,9-10H2,1-3H3,(H,23,24)/t13-,14-,17-,18-,20?/m1/s1. The fourth-order valence-corrected chi connectivity index (χ4v) is 6.01. The zero-order valence-corrected chi connectivity index (χ0v) is 14.9. The molecule has 0 aromatic heterocycles. The highest BCUT2D eigenvalue weighted by molar-refractivity contribution is 5.73. The van der Waals surface area contributed by atoms with E-state index in [1.165, 1.54) is 12.1 Å². The minimum Gasteiger partial charge on any atom is -0.373 e. The maximum Gasteiger partial charge on any atom is 0.217 e. The van der Waals surface area contributed by atoms with Crippen LogP contribution in [0.5, 0.6) is 0 Å². The van der Waals surface area contributed by atoms with Gasteiger partial charge in [-0.2, -0.15) is 0 Å². The first-order valence-electron chi connectivity index (χ1n) is 9.09. The molecule has 3 aliphatic rings. The summed E-state index contributed by atoms with van der Waals surface area (Å²) in [7, 11) is 0. The number of hydrogen-bond acceptors (Lipinski definition) is 2. The molecule has 1 spiro atoms. The van der Waals surface area contributed by atoms with E-state index in [2.05, 4.69) is 19.2 Å². The van der Waals surface area contributed by atoms with Crippen molar-refractivity contribution in [2.75, 3.05) is 6.61 Å². The van der Waals surface area contributed by atoms with Crippen LogP contribution < -0.4 is 5.32 Å². The maximum absolute atomic E-state index is 13.7. The molecule has 5 heteroatoms. The summed E-state index contributed by atoms with van der Waals surface area (Å²) < 4.78 is 33.1. The average Bonchev–Trinajstić information content (AvgIpc) is 3.03. The third-order valence-corrected chi connectivity index (χ3v) is 7.12. The molecule has 1 aliphatic heterocycles. The second-order valence-corrected chi connectivity index (χ2v) is 8.65. The first-order chi connectivity index (χ1) is 11.8. The van der Waals surface area contributed by atoms with E-state index < -0.39 is 11.6 Å². The lowest BCUT2D eigenvalue weighted by atomic mass is 9.59. The van der Waals surface area contributed by atoms with Crippen molar-refractivity contribution in [3.8, 4) is 0 Å². The van der Waals surface area contributed by atoms with Crippen LogP contribution in [0.1, 0.15) is 51.7 Å². The Balaban J connectivity index is 1.72. The number of carbonyl (C=O) groups excluding carboxylic acids is 1. The molecule has 1 saturated heterocycles. The van der Waals surface area contributed by atoms with Crippen LogP contribution in [-0.2, 0) is 9.53 Å². The van der Waals surface area contributed by atoms with Gasteiger partial charge in [0.25, 0.3) is 0 Å². The van der Waals surface area contributed by atoms with Gasteiger partial charge in [0.2, 0.25) is 5.91 Å². The van der Waals surface area contributed by atoms with Crippen LogP contribution in [0, 0.1) is 34.3 Å². The summed E-state index contributed by atoms with van der Waals surface area (Å²) >= 11 is 0. The molecule has 4 rings (SSSR count). The molecule has 1 aromatic carbocycles. The number of halogens is 2. The van der Waals surface area contributed by atoms with Gasteiger partial charge < -0.3 is 10.1 Å². The number of fused-ring (bicyclic) bond motifs is 1. The minimum atomic E-state index is -0.834. The van der Waals surface area contributed by atoms with E-state index in [4.69, 9.17) is 4.74 Å². The average molecular weight is 349 g/mol. The first-order valence-corrected chi connectivity index (χ1v) is 9.09. The Morgan fingerprint density at radius 3 is 2.72 bits per heavy atom. The molecular weight excluding hydrogens is 324 g/mol. The van der Waals surface area contributed by atoms with Crippen LogP contribution in [0.2, 0.25) is 0 Å². The summed E-state index contributed by atoms with van der Waals surface area (Å²) in [6, 6.07) is 4.17. The zero-order valence-electron chi connectivity index (χ0n) is 14.9. The number of nitrogens with one attached hydrogen (secondary N) is 1. The van der Waals surface area contributed by atoms with Crippen LogP contribution in [0.3, 0.4) is 0 Å².